The second-order valence-electron chi connectivity index (χ2n) is 8.25. The number of aliphatic imine (C=N–C) groups is 1. The summed E-state index contributed by atoms with van der Waals surface area (Å²) in [6.45, 7) is 11.5. The van der Waals surface area contributed by atoms with Crippen LogP contribution >= 0.6 is 11.3 Å². The fourth-order valence-corrected chi connectivity index (χ4v) is 4.97. The van der Waals surface area contributed by atoms with Gasteiger partial charge in [-0.15, -0.1) is 0 Å². The van der Waals surface area contributed by atoms with Gasteiger partial charge in [-0.1, -0.05) is 19.8 Å². The summed E-state index contributed by atoms with van der Waals surface area (Å²) in [7, 11) is 0. The van der Waals surface area contributed by atoms with E-state index in [-0.39, 0.29) is 0 Å². The van der Waals surface area contributed by atoms with Crippen molar-refractivity contribution in [3.05, 3.63) is 22.4 Å². The maximum atomic E-state index is 12.6. The van der Waals surface area contributed by atoms with Crippen LogP contribution in [-0.4, -0.2) is 74.0 Å². The van der Waals surface area contributed by atoms with E-state index in [1.807, 2.05) is 0 Å². The zero-order valence-corrected chi connectivity index (χ0v) is 18.8. The van der Waals surface area contributed by atoms with Crippen molar-refractivity contribution in [1.82, 2.24) is 20.4 Å². The summed E-state index contributed by atoms with van der Waals surface area (Å²) < 4.78 is 0. The molecule has 1 unspecified atom stereocenters. The molecule has 1 saturated carbocycles. The van der Waals surface area contributed by atoms with Crippen molar-refractivity contribution in [2.75, 3.05) is 52.4 Å². The van der Waals surface area contributed by atoms with Gasteiger partial charge in [0.25, 0.3) is 0 Å². The van der Waals surface area contributed by atoms with Gasteiger partial charge in [-0.2, -0.15) is 11.3 Å². The third-order valence-electron chi connectivity index (χ3n) is 6.09. The van der Waals surface area contributed by atoms with E-state index < -0.39 is 0 Å². The molecule has 1 atom stereocenters. The molecule has 2 aliphatic rings. The van der Waals surface area contributed by atoms with E-state index in [1.54, 1.807) is 11.3 Å². The summed E-state index contributed by atoms with van der Waals surface area (Å²) in [6, 6.07) is 2.18. The average molecular weight is 420 g/mol. The van der Waals surface area contributed by atoms with Gasteiger partial charge in [0.15, 0.2) is 5.96 Å². The molecule has 1 aromatic rings. The molecule has 2 fully saturated rings. The highest BCUT2D eigenvalue weighted by atomic mass is 32.1. The van der Waals surface area contributed by atoms with Gasteiger partial charge in [0, 0.05) is 64.2 Å². The van der Waals surface area contributed by atoms with Crippen molar-refractivity contribution < 1.29 is 4.79 Å². The number of thiophene rings is 1. The van der Waals surface area contributed by atoms with Gasteiger partial charge in [0.05, 0.1) is 0 Å². The van der Waals surface area contributed by atoms with Crippen LogP contribution < -0.4 is 10.6 Å². The van der Waals surface area contributed by atoms with Crippen LogP contribution in [0.1, 0.15) is 51.0 Å². The molecule has 6 nitrogen and oxygen atoms in total. The first-order chi connectivity index (χ1) is 14.2. The quantitative estimate of drug-likeness (QED) is 0.502. The normalized spacial score (nSPS) is 20.1. The molecule has 1 saturated heterocycles. The Morgan fingerprint density at radius 2 is 2.00 bits per heavy atom. The highest BCUT2D eigenvalue weighted by molar-refractivity contribution is 7.07. The second kappa shape index (κ2) is 11.6. The smallest absolute Gasteiger partial charge is 0.225 e. The van der Waals surface area contributed by atoms with Crippen molar-refractivity contribution in [1.29, 1.82) is 0 Å². The summed E-state index contributed by atoms with van der Waals surface area (Å²) in [6.07, 6.45) is 4.65. The number of hydrogen-bond acceptors (Lipinski definition) is 4. The molecule has 7 heteroatoms. The third kappa shape index (κ3) is 6.71. The Hall–Kier alpha value is -1.60. The molecule has 0 aromatic carbocycles. The summed E-state index contributed by atoms with van der Waals surface area (Å²) >= 11 is 1.74. The third-order valence-corrected chi connectivity index (χ3v) is 6.79. The van der Waals surface area contributed by atoms with Gasteiger partial charge < -0.3 is 15.5 Å². The minimum Gasteiger partial charge on any atom is -0.357 e. The Balaban J connectivity index is 1.36. The molecule has 1 aromatic heterocycles. The van der Waals surface area contributed by atoms with Gasteiger partial charge in [0.2, 0.25) is 5.91 Å². The van der Waals surface area contributed by atoms with Gasteiger partial charge in [-0.25, -0.2) is 0 Å². The summed E-state index contributed by atoms with van der Waals surface area (Å²) in [5, 5.41) is 11.1. The van der Waals surface area contributed by atoms with Crippen molar-refractivity contribution in [3.8, 4) is 0 Å². The molecule has 0 radical (unpaired) electrons. The van der Waals surface area contributed by atoms with Gasteiger partial charge in [0.1, 0.15) is 0 Å². The molecule has 2 heterocycles. The van der Waals surface area contributed by atoms with E-state index in [1.165, 1.54) is 18.4 Å². The zero-order chi connectivity index (χ0) is 20.5. The van der Waals surface area contributed by atoms with E-state index >= 15 is 0 Å². The molecule has 162 valence electrons. The molecular weight excluding hydrogens is 382 g/mol. The monoisotopic (exact) mass is 419 g/mol. The first-order valence-electron chi connectivity index (χ1n) is 11.2. The maximum Gasteiger partial charge on any atom is 0.225 e. The first kappa shape index (κ1) is 22.1. The molecule has 1 aliphatic carbocycles. The summed E-state index contributed by atoms with van der Waals surface area (Å²) in [4.78, 5) is 21.9. The van der Waals surface area contributed by atoms with E-state index in [9.17, 15) is 4.79 Å². The highest BCUT2D eigenvalue weighted by Crippen LogP contribution is 2.26. The summed E-state index contributed by atoms with van der Waals surface area (Å²) in [5.41, 5.74) is 1.36. The Morgan fingerprint density at radius 1 is 1.24 bits per heavy atom. The lowest BCUT2D eigenvalue weighted by molar-refractivity contribution is -0.137. The zero-order valence-electron chi connectivity index (χ0n) is 18.0. The minimum absolute atomic E-state index is 0.304. The Kier molecular flexibility index (Phi) is 8.80. The van der Waals surface area contributed by atoms with Crippen LogP contribution in [-0.2, 0) is 4.79 Å². The largest absolute Gasteiger partial charge is 0.357 e. The Bertz CT molecular complexity index is 634. The SMILES string of the molecule is CCNC(=NCC(C)c1ccsc1)NCCN1CCN(C(=O)C2CCCC2)CC1. The lowest BCUT2D eigenvalue weighted by Gasteiger charge is -2.36. The minimum atomic E-state index is 0.304. The predicted octanol–water partition coefficient (Wildman–Crippen LogP) is 2.74. The van der Waals surface area contributed by atoms with Crippen LogP contribution in [0, 0.1) is 5.92 Å². The number of nitrogens with one attached hydrogen (secondary N) is 2. The van der Waals surface area contributed by atoms with Crippen LogP contribution in [0.4, 0.5) is 0 Å². The van der Waals surface area contributed by atoms with Crippen LogP contribution in [0.2, 0.25) is 0 Å². The Morgan fingerprint density at radius 3 is 2.66 bits per heavy atom. The first-order valence-corrected chi connectivity index (χ1v) is 12.2. The number of carbonyl (C=O) groups excluding carboxylic acids is 1. The van der Waals surface area contributed by atoms with Crippen molar-refractivity contribution >= 4 is 23.2 Å². The van der Waals surface area contributed by atoms with Crippen molar-refractivity contribution in [2.45, 2.75) is 45.4 Å². The van der Waals surface area contributed by atoms with Crippen LogP contribution in [0.5, 0.6) is 0 Å². The Labute approximate surface area is 179 Å². The number of piperazine rings is 1. The standard InChI is InChI=1S/C22H37N5OS/c1-3-23-22(25-16-18(2)20-8-15-29-17-20)24-9-10-26-11-13-27(14-12-26)21(28)19-6-4-5-7-19/h8,15,17-19H,3-7,9-14,16H2,1-2H3,(H2,23,24,25). The van der Waals surface area contributed by atoms with Gasteiger partial charge in [-0.05, 0) is 42.2 Å². The number of guanidine groups is 1. The number of hydrogen-bond donors (Lipinski definition) is 2. The lowest BCUT2D eigenvalue weighted by Crippen LogP contribution is -2.51. The molecule has 3 rings (SSSR count). The van der Waals surface area contributed by atoms with Gasteiger partial charge >= 0.3 is 0 Å². The van der Waals surface area contributed by atoms with E-state index in [2.05, 4.69) is 51.1 Å². The fourth-order valence-electron chi connectivity index (χ4n) is 4.19. The topological polar surface area (TPSA) is 60.0 Å². The average Bonchev–Trinajstić information content (AvgIpc) is 3.46. The summed E-state index contributed by atoms with van der Waals surface area (Å²) in [5.74, 6) is 2.03. The predicted molar refractivity (Wildman–Crippen MR) is 122 cm³/mol. The molecular formula is C22H37N5OS. The van der Waals surface area contributed by atoms with E-state index in [0.29, 0.717) is 17.7 Å². The number of amides is 1. The van der Waals surface area contributed by atoms with Crippen molar-refractivity contribution in [3.63, 3.8) is 0 Å². The van der Waals surface area contributed by atoms with Crippen molar-refractivity contribution in [2.24, 2.45) is 10.9 Å². The molecule has 0 spiro atoms. The van der Waals surface area contributed by atoms with Crippen LogP contribution in [0.15, 0.2) is 21.8 Å². The molecule has 29 heavy (non-hydrogen) atoms. The maximum absolute atomic E-state index is 12.6. The van der Waals surface area contributed by atoms with Gasteiger partial charge in [-0.3, -0.25) is 14.7 Å². The molecule has 0 bridgehead atoms. The number of nitrogens with zero attached hydrogens (tertiary/aromatic N) is 3. The fraction of sp³-hybridized carbons (Fsp3) is 0.727. The van der Waals surface area contributed by atoms with Crippen LogP contribution in [0.3, 0.4) is 0 Å². The highest BCUT2D eigenvalue weighted by Gasteiger charge is 2.29. The lowest BCUT2D eigenvalue weighted by atomic mass is 10.1. The second-order valence-corrected chi connectivity index (χ2v) is 9.03. The van der Waals surface area contributed by atoms with E-state index in [4.69, 9.17) is 4.99 Å². The molecule has 2 N–H and O–H groups in total. The molecule has 1 amide bonds. The number of carbonyl (C=O) groups is 1. The van der Waals surface area contributed by atoms with Crippen LogP contribution in [0.25, 0.3) is 0 Å². The molecule has 1 aliphatic heterocycles. The number of rotatable bonds is 8. The van der Waals surface area contributed by atoms with E-state index in [0.717, 1.165) is 71.2 Å².